The van der Waals surface area contributed by atoms with Crippen molar-refractivity contribution in [1.82, 2.24) is 4.90 Å². The van der Waals surface area contributed by atoms with Crippen LogP contribution in [0.4, 0.5) is 5.69 Å². The maximum atomic E-state index is 12.5. The maximum absolute atomic E-state index is 12.5. The van der Waals surface area contributed by atoms with Gasteiger partial charge in [0.1, 0.15) is 0 Å². The van der Waals surface area contributed by atoms with Crippen molar-refractivity contribution in [3.63, 3.8) is 0 Å². The van der Waals surface area contributed by atoms with Crippen LogP contribution >= 0.6 is 15.9 Å². The van der Waals surface area contributed by atoms with Gasteiger partial charge in [0, 0.05) is 23.2 Å². The van der Waals surface area contributed by atoms with E-state index in [1.54, 1.807) is 0 Å². The first-order valence-electron chi connectivity index (χ1n) is 8.03. The average Bonchev–Trinajstić information content (AvgIpc) is 2.56. The highest BCUT2D eigenvalue weighted by Gasteiger charge is 2.25. The van der Waals surface area contributed by atoms with Crippen LogP contribution in [0.3, 0.4) is 0 Å². The summed E-state index contributed by atoms with van der Waals surface area (Å²) in [5, 5.41) is 3.04. The molecule has 120 valence electrons. The number of nitrogens with zero attached hydrogens (tertiary/aromatic N) is 1. The van der Waals surface area contributed by atoms with Crippen molar-refractivity contribution in [3.8, 4) is 0 Å². The topological polar surface area (TPSA) is 32.3 Å². The highest BCUT2D eigenvalue weighted by Crippen LogP contribution is 2.21. The molecule has 0 bridgehead atoms. The lowest BCUT2D eigenvalue weighted by atomic mass is 9.96. The zero-order valence-corrected chi connectivity index (χ0v) is 14.6. The van der Waals surface area contributed by atoms with Gasteiger partial charge >= 0.3 is 0 Å². The summed E-state index contributed by atoms with van der Waals surface area (Å²) < 4.78 is 0.977. The zero-order chi connectivity index (χ0) is 16.1. The van der Waals surface area contributed by atoms with Gasteiger partial charge in [-0.15, -0.1) is 0 Å². The van der Waals surface area contributed by atoms with E-state index in [0.717, 1.165) is 42.6 Å². The van der Waals surface area contributed by atoms with E-state index in [4.69, 9.17) is 0 Å². The van der Waals surface area contributed by atoms with Crippen LogP contribution in [0.15, 0.2) is 59.1 Å². The first kappa shape index (κ1) is 16.2. The van der Waals surface area contributed by atoms with Gasteiger partial charge in [-0.25, -0.2) is 0 Å². The Morgan fingerprint density at radius 2 is 2.00 bits per heavy atom. The van der Waals surface area contributed by atoms with Gasteiger partial charge in [0.05, 0.1) is 5.92 Å². The van der Waals surface area contributed by atoms with E-state index < -0.39 is 0 Å². The smallest absolute Gasteiger partial charge is 0.228 e. The summed E-state index contributed by atoms with van der Waals surface area (Å²) >= 11 is 3.44. The molecule has 1 aliphatic rings. The molecule has 3 nitrogen and oxygen atoms in total. The minimum absolute atomic E-state index is 0.0615. The molecule has 0 spiro atoms. The minimum atomic E-state index is 0.0615. The van der Waals surface area contributed by atoms with Crippen molar-refractivity contribution < 1.29 is 4.79 Å². The Bertz CT molecular complexity index is 659. The molecule has 1 aliphatic heterocycles. The number of hydrogen-bond acceptors (Lipinski definition) is 2. The predicted octanol–water partition coefficient (Wildman–Crippen LogP) is 4.30. The van der Waals surface area contributed by atoms with Crippen molar-refractivity contribution in [2.24, 2.45) is 5.92 Å². The Morgan fingerprint density at radius 1 is 1.17 bits per heavy atom. The molecule has 1 fully saturated rings. The van der Waals surface area contributed by atoms with Gasteiger partial charge in [0.2, 0.25) is 5.91 Å². The van der Waals surface area contributed by atoms with E-state index in [0.29, 0.717) is 0 Å². The molecule has 2 aromatic carbocycles. The number of anilines is 1. The van der Waals surface area contributed by atoms with Crippen LogP contribution in [0.2, 0.25) is 0 Å². The van der Waals surface area contributed by atoms with E-state index in [-0.39, 0.29) is 11.8 Å². The van der Waals surface area contributed by atoms with Crippen molar-refractivity contribution in [2.75, 3.05) is 18.4 Å². The first-order chi connectivity index (χ1) is 11.2. The van der Waals surface area contributed by atoms with Crippen LogP contribution in [0.25, 0.3) is 0 Å². The highest BCUT2D eigenvalue weighted by atomic mass is 79.9. The molecule has 23 heavy (non-hydrogen) atoms. The number of halogens is 1. The largest absolute Gasteiger partial charge is 0.326 e. The molecule has 0 aliphatic carbocycles. The van der Waals surface area contributed by atoms with E-state index >= 15 is 0 Å². The Kier molecular flexibility index (Phi) is 5.47. The summed E-state index contributed by atoms with van der Waals surface area (Å²) in [7, 11) is 0. The highest BCUT2D eigenvalue weighted by molar-refractivity contribution is 9.10. The molecule has 1 heterocycles. The lowest BCUT2D eigenvalue weighted by molar-refractivity contribution is -0.121. The van der Waals surface area contributed by atoms with Crippen LogP contribution in [0.1, 0.15) is 18.4 Å². The second-order valence-electron chi connectivity index (χ2n) is 6.06. The number of benzene rings is 2. The molecular weight excluding hydrogens is 352 g/mol. The molecule has 0 radical (unpaired) electrons. The summed E-state index contributed by atoms with van der Waals surface area (Å²) in [6.45, 7) is 2.81. The number of amides is 1. The first-order valence-corrected chi connectivity index (χ1v) is 8.83. The molecule has 1 N–H and O–H groups in total. The quantitative estimate of drug-likeness (QED) is 0.867. The van der Waals surface area contributed by atoms with E-state index in [1.165, 1.54) is 5.56 Å². The van der Waals surface area contributed by atoms with Crippen LogP contribution in [0.5, 0.6) is 0 Å². The van der Waals surface area contributed by atoms with Gasteiger partial charge in [-0.3, -0.25) is 9.69 Å². The second-order valence-corrected chi connectivity index (χ2v) is 6.98. The fraction of sp³-hybridized carbons (Fsp3) is 0.316. The maximum Gasteiger partial charge on any atom is 0.228 e. The number of hydrogen-bond donors (Lipinski definition) is 1. The van der Waals surface area contributed by atoms with Crippen molar-refractivity contribution in [2.45, 2.75) is 19.4 Å². The lowest BCUT2D eigenvalue weighted by Crippen LogP contribution is -2.40. The van der Waals surface area contributed by atoms with Gasteiger partial charge in [0.15, 0.2) is 0 Å². The number of piperidine rings is 1. The van der Waals surface area contributed by atoms with E-state index in [1.807, 2.05) is 30.3 Å². The average molecular weight is 373 g/mol. The van der Waals surface area contributed by atoms with Gasteiger partial charge in [-0.05, 0) is 43.1 Å². The third kappa shape index (κ3) is 4.66. The van der Waals surface area contributed by atoms with E-state index in [9.17, 15) is 4.79 Å². The number of carbonyl (C=O) groups is 1. The standard InChI is InChI=1S/C19H21BrN2O/c20-17-9-4-10-18(12-17)21-19(23)16-8-5-11-22(14-16)13-15-6-2-1-3-7-15/h1-4,6-7,9-10,12,16H,5,8,11,13-14H2,(H,21,23)/t16-/m0/s1. The minimum Gasteiger partial charge on any atom is -0.326 e. The molecule has 2 aromatic rings. The lowest BCUT2D eigenvalue weighted by Gasteiger charge is -2.32. The Morgan fingerprint density at radius 3 is 2.78 bits per heavy atom. The Hall–Kier alpha value is -1.65. The summed E-state index contributed by atoms with van der Waals surface area (Å²) in [5.74, 6) is 0.187. The van der Waals surface area contributed by atoms with Crippen LogP contribution < -0.4 is 5.32 Å². The fourth-order valence-electron chi connectivity index (χ4n) is 3.07. The fourth-order valence-corrected chi connectivity index (χ4v) is 3.46. The summed E-state index contributed by atoms with van der Waals surface area (Å²) in [4.78, 5) is 14.9. The number of rotatable bonds is 4. The molecule has 0 unspecified atom stereocenters. The molecule has 1 saturated heterocycles. The van der Waals surface area contributed by atoms with Crippen molar-refractivity contribution >= 4 is 27.5 Å². The molecule has 3 rings (SSSR count). The third-order valence-corrected chi connectivity index (χ3v) is 4.71. The molecule has 0 saturated carbocycles. The normalized spacial score (nSPS) is 18.6. The number of likely N-dealkylation sites (tertiary alicyclic amines) is 1. The molecule has 0 aromatic heterocycles. The molecule has 4 heteroatoms. The monoisotopic (exact) mass is 372 g/mol. The SMILES string of the molecule is O=C(Nc1cccc(Br)c1)[C@H]1CCCN(Cc2ccccc2)C1. The van der Waals surface area contributed by atoms with Crippen molar-refractivity contribution in [1.29, 1.82) is 0 Å². The number of carbonyl (C=O) groups excluding carboxylic acids is 1. The molecule has 1 amide bonds. The van der Waals surface area contributed by atoms with Gasteiger partial charge in [0.25, 0.3) is 0 Å². The van der Waals surface area contributed by atoms with Gasteiger partial charge in [-0.1, -0.05) is 52.3 Å². The van der Waals surface area contributed by atoms with E-state index in [2.05, 4.69) is 50.4 Å². The zero-order valence-electron chi connectivity index (χ0n) is 13.0. The molecular formula is C19H21BrN2O. The van der Waals surface area contributed by atoms with Crippen LogP contribution in [-0.4, -0.2) is 23.9 Å². The molecule has 1 atom stereocenters. The summed E-state index contributed by atoms with van der Waals surface area (Å²) in [5.41, 5.74) is 2.16. The third-order valence-electron chi connectivity index (χ3n) is 4.22. The summed E-state index contributed by atoms with van der Waals surface area (Å²) in [6.07, 6.45) is 2.04. The van der Waals surface area contributed by atoms with Crippen LogP contribution in [-0.2, 0) is 11.3 Å². The van der Waals surface area contributed by atoms with Crippen LogP contribution in [0, 0.1) is 5.92 Å². The number of nitrogens with one attached hydrogen (secondary N) is 1. The van der Waals surface area contributed by atoms with Crippen molar-refractivity contribution in [3.05, 3.63) is 64.6 Å². The predicted molar refractivity (Wildman–Crippen MR) is 97.2 cm³/mol. The van der Waals surface area contributed by atoms with Gasteiger partial charge < -0.3 is 5.32 Å². The Balaban J connectivity index is 1.58. The second kappa shape index (κ2) is 7.75. The van der Waals surface area contributed by atoms with Gasteiger partial charge in [-0.2, -0.15) is 0 Å². The summed E-state index contributed by atoms with van der Waals surface area (Å²) in [6, 6.07) is 18.2. The Labute approximate surface area is 145 Å².